The largest absolute Gasteiger partial charge is 0.479 e. The van der Waals surface area contributed by atoms with E-state index in [9.17, 15) is 15.0 Å². The van der Waals surface area contributed by atoms with Crippen molar-refractivity contribution in [2.75, 3.05) is 0 Å². The van der Waals surface area contributed by atoms with Crippen LogP contribution in [0.25, 0.3) is 0 Å². The van der Waals surface area contributed by atoms with Crippen LogP contribution in [0.3, 0.4) is 0 Å². The van der Waals surface area contributed by atoms with Crippen molar-refractivity contribution in [3.63, 3.8) is 0 Å². The van der Waals surface area contributed by atoms with Crippen molar-refractivity contribution in [3.8, 4) is 0 Å². The van der Waals surface area contributed by atoms with Crippen LogP contribution in [0.4, 0.5) is 0 Å². The molecule has 82 valence electrons. The van der Waals surface area contributed by atoms with Crippen molar-refractivity contribution in [2.24, 2.45) is 0 Å². The summed E-state index contributed by atoms with van der Waals surface area (Å²) in [6.45, 7) is 1.28. The predicted octanol–water partition coefficient (Wildman–Crippen LogP) is 0.944. The highest BCUT2D eigenvalue weighted by molar-refractivity contribution is 14.1. The molecule has 15 heavy (non-hydrogen) atoms. The molecule has 0 amide bonds. The molecule has 2 unspecified atom stereocenters. The lowest BCUT2D eigenvalue weighted by molar-refractivity contribution is -0.162. The molecular formula is C10H11IO4. The molecule has 1 aromatic carbocycles. The topological polar surface area (TPSA) is 77.8 Å². The SMILES string of the molecule is CC(O)(c1ccccc1I)C(O)C(=O)O. The maximum atomic E-state index is 10.6. The number of carboxylic acids is 1. The van der Waals surface area contributed by atoms with E-state index >= 15 is 0 Å². The van der Waals surface area contributed by atoms with E-state index in [1.807, 2.05) is 22.6 Å². The van der Waals surface area contributed by atoms with Crippen LogP contribution in [0.5, 0.6) is 0 Å². The Labute approximate surface area is 101 Å². The van der Waals surface area contributed by atoms with Gasteiger partial charge in [-0.2, -0.15) is 0 Å². The second kappa shape index (κ2) is 4.46. The van der Waals surface area contributed by atoms with Crippen LogP contribution in [0, 0.1) is 3.57 Å². The Balaban J connectivity index is 3.16. The number of aliphatic hydroxyl groups is 2. The summed E-state index contributed by atoms with van der Waals surface area (Å²) in [5, 5.41) is 28.0. The molecule has 0 aliphatic heterocycles. The summed E-state index contributed by atoms with van der Waals surface area (Å²) < 4.78 is 0.709. The minimum absolute atomic E-state index is 0.403. The Kier molecular flexibility index (Phi) is 3.69. The van der Waals surface area contributed by atoms with Crippen LogP contribution >= 0.6 is 22.6 Å². The number of hydrogen-bond acceptors (Lipinski definition) is 3. The second-order valence-electron chi connectivity index (χ2n) is 3.37. The molecule has 0 aliphatic carbocycles. The van der Waals surface area contributed by atoms with Crippen LogP contribution in [-0.4, -0.2) is 27.4 Å². The highest BCUT2D eigenvalue weighted by atomic mass is 127. The molecule has 0 saturated carbocycles. The van der Waals surface area contributed by atoms with Gasteiger partial charge < -0.3 is 15.3 Å². The molecule has 1 rings (SSSR count). The molecule has 0 aliphatic rings. The molecular weight excluding hydrogens is 311 g/mol. The molecule has 0 bridgehead atoms. The number of hydrogen-bond donors (Lipinski definition) is 3. The number of aliphatic hydroxyl groups excluding tert-OH is 1. The lowest BCUT2D eigenvalue weighted by Crippen LogP contribution is -2.42. The van der Waals surface area contributed by atoms with Crippen LogP contribution in [0.1, 0.15) is 12.5 Å². The van der Waals surface area contributed by atoms with Gasteiger partial charge in [-0.25, -0.2) is 4.79 Å². The van der Waals surface area contributed by atoms with Crippen molar-refractivity contribution in [1.82, 2.24) is 0 Å². The molecule has 0 radical (unpaired) electrons. The Morgan fingerprint density at radius 2 is 2.00 bits per heavy atom. The first kappa shape index (κ1) is 12.4. The quantitative estimate of drug-likeness (QED) is 0.724. The summed E-state index contributed by atoms with van der Waals surface area (Å²) in [6.07, 6.45) is -1.84. The van der Waals surface area contributed by atoms with Crippen molar-refractivity contribution < 1.29 is 20.1 Å². The average molecular weight is 322 g/mol. The van der Waals surface area contributed by atoms with Gasteiger partial charge in [0.1, 0.15) is 5.60 Å². The third-order valence-electron chi connectivity index (χ3n) is 2.19. The summed E-state index contributed by atoms with van der Waals surface area (Å²) in [7, 11) is 0. The summed E-state index contributed by atoms with van der Waals surface area (Å²) >= 11 is 1.98. The molecule has 1 aromatic rings. The molecule has 0 heterocycles. The minimum atomic E-state index is -1.84. The number of aliphatic carboxylic acids is 1. The Morgan fingerprint density at radius 3 is 2.47 bits per heavy atom. The van der Waals surface area contributed by atoms with Crippen molar-refractivity contribution in [2.45, 2.75) is 18.6 Å². The number of rotatable bonds is 3. The first-order valence-electron chi connectivity index (χ1n) is 4.25. The van der Waals surface area contributed by atoms with E-state index in [1.54, 1.807) is 24.3 Å². The summed E-state index contributed by atoms with van der Waals surface area (Å²) in [5.74, 6) is -1.44. The smallest absolute Gasteiger partial charge is 0.335 e. The van der Waals surface area contributed by atoms with E-state index in [-0.39, 0.29) is 0 Å². The van der Waals surface area contributed by atoms with Gasteiger partial charge >= 0.3 is 5.97 Å². The van der Waals surface area contributed by atoms with Gasteiger partial charge in [0.05, 0.1) is 0 Å². The van der Waals surface area contributed by atoms with E-state index in [1.165, 1.54) is 6.92 Å². The number of carboxylic acid groups (broad SMARTS) is 1. The van der Waals surface area contributed by atoms with Crippen LogP contribution in [-0.2, 0) is 10.4 Å². The van der Waals surface area contributed by atoms with Gasteiger partial charge in [-0.15, -0.1) is 0 Å². The molecule has 0 saturated heterocycles. The monoisotopic (exact) mass is 322 g/mol. The number of benzene rings is 1. The predicted molar refractivity (Wildman–Crippen MR) is 62.4 cm³/mol. The fourth-order valence-corrected chi connectivity index (χ4v) is 2.19. The highest BCUT2D eigenvalue weighted by Gasteiger charge is 2.38. The third kappa shape index (κ3) is 2.47. The Morgan fingerprint density at radius 1 is 1.47 bits per heavy atom. The van der Waals surface area contributed by atoms with E-state index in [0.717, 1.165) is 0 Å². The van der Waals surface area contributed by atoms with Crippen LogP contribution in [0.2, 0.25) is 0 Å². The van der Waals surface area contributed by atoms with Gasteiger partial charge in [0.15, 0.2) is 6.10 Å². The average Bonchev–Trinajstić information content (AvgIpc) is 2.16. The lowest BCUT2D eigenvalue weighted by atomic mass is 9.90. The van der Waals surface area contributed by atoms with Crippen LogP contribution in [0.15, 0.2) is 24.3 Å². The first-order chi connectivity index (χ1) is 6.87. The van der Waals surface area contributed by atoms with Gasteiger partial charge in [0, 0.05) is 3.57 Å². The van der Waals surface area contributed by atoms with Crippen molar-refractivity contribution in [1.29, 1.82) is 0 Å². The highest BCUT2D eigenvalue weighted by Crippen LogP contribution is 2.28. The fraction of sp³-hybridized carbons (Fsp3) is 0.300. The molecule has 0 spiro atoms. The summed E-state index contributed by atoms with van der Waals surface area (Å²) in [4.78, 5) is 10.6. The normalized spacial score (nSPS) is 16.8. The third-order valence-corrected chi connectivity index (χ3v) is 3.13. The van der Waals surface area contributed by atoms with E-state index in [4.69, 9.17) is 5.11 Å². The zero-order valence-corrected chi connectivity index (χ0v) is 10.2. The lowest BCUT2D eigenvalue weighted by Gasteiger charge is -2.27. The molecule has 4 nitrogen and oxygen atoms in total. The second-order valence-corrected chi connectivity index (χ2v) is 4.53. The number of carbonyl (C=O) groups is 1. The zero-order chi connectivity index (χ0) is 11.6. The summed E-state index contributed by atoms with van der Waals surface area (Å²) in [6, 6.07) is 6.78. The van der Waals surface area contributed by atoms with Crippen molar-refractivity contribution in [3.05, 3.63) is 33.4 Å². The Bertz CT molecular complexity index is 375. The van der Waals surface area contributed by atoms with Crippen molar-refractivity contribution >= 4 is 28.6 Å². The zero-order valence-electron chi connectivity index (χ0n) is 8.01. The molecule has 3 N–H and O–H groups in total. The van der Waals surface area contributed by atoms with Gasteiger partial charge in [0.25, 0.3) is 0 Å². The maximum Gasteiger partial charge on any atom is 0.335 e. The standard InChI is InChI=1S/C10H11IO4/c1-10(15,8(12)9(13)14)6-4-2-3-5-7(6)11/h2-5,8,12,15H,1H3,(H,13,14). The summed E-state index contributed by atoms with van der Waals surface area (Å²) in [5.41, 5.74) is -1.38. The van der Waals surface area contributed by atoms with Gasteiger partial charge in [-0.05, 0) is 41.1 Å². The van der Waals surface area contributed by atoms with Gasteiger partial charge in [-0.3, -0.25) is 0 Å². The molecule has 5 heteroatoms. The van der Waals surface area contributed by atoms with Gasteiger partial charge in [0.2, 0.25) is 0 Å². The minimum Gasteiger partial charge on any atom is -0.479 e. The maximum absolute atomic E-state index is 10.6. The van der Waals surface area contributed by atoms with Crippen LogP contribution < -0.4 is 0 Å². The first-order valence-corrected chi connectivity index (χ1v) is 5.33. The fourth-order valence-electron chi connectivity index (χ4n) is 1.26. The van der Waals surface area contributed by atoms with Gasteiger partial charge in [-0.1, -0.05) is 18.2 Å². The Hall–Kier alpha value is -0.660. The molecule has 0 aromatic heterocycles. The van der Waals surface area contributed by atoms with E-state index < -0.39 is 17.7 Å². The van der Waals surface area contributed by atoms with E-state index in [0.29, 0.717) is 9.13 Å². The molecule has 0 fully saturated rings. The molecule has 2 atom stereocenters. The number of halogens is 1. The van der Waals surface area contributed by atoms with E-state index in [2.05, 4.69) is 0 Å².